The molecule has 1 aromatic carbocycles. The van der Waals surface area contributed by atoms with E-state index in [9.17, 15) is 8.42 Å². The molecule has 4 nitrogen and oxygen atoms in total. The zero-order valence-electron chi connectivity index (χ0n) is 11.3. The van der Waals surface area contributed by atoms with Crippen LogP contribution in [-0.4, -0.2) is 13.4 Å². The average molecular weight is 296 g/mol. The summed E-state index contributed by atoms with van der Waals surface area (Å²) in [5.74, 6) is 0. The molecule has 0 bridgehead atoms. The molecule has 0 saturated carbocycles. The van der Waals surface area contributed by atoms with Crippen molar-refractivity contribution in [2.45, 2.75) is 32.6 Å². The number of rotatable bonds is 3. The number of aryl methyl sites for hydroxylation is 4. The van der Waals surface area contributed by atoms with Gasteiger partial charge in [0.15, 0.2) is 5.13 Å². The summed E-state index contributed by atoms with van der Waals surface area (Å²) >= 11 is 1.32. The second-order valence-corrected chi connectivity index (χ2v) is 7.46. The lowest BCUT2D eigenvalue weighted by Gasteiger charge is -2.12. The monoisotopic (exact) mass is 296 g/mol. The van der Waals surface area contributed by atoms with E-state index in [0.29, 0.717) is 10.0 Å². The first kappa shape index (κ1) is 14.0. The van der Waals surface area contributed by atoms with Crippen LogP contribution in [0, 0.1) is 27.7 Å². The Morgan fingerprint density at radius 3 is 2.16 bits per heavy atom. The molecule has 2 aromatic rings. The highest BCUT2D eigenvalue weighted by Gasteiger charge is 2.21. The van der Waals surface area contributed by atoms with Crippen molar-refractivity contribution in [1.29, 1.82) is 0 Å². The molecular formula is C13H16N2O2S2. The Balaban J connectivity index is 2.45. The third kappa shape index (κ3) is 2.96. The number of anilines is 1. The van der Waals surface area contributed by atoms with Gasteiger partial charge in [0, 0.05) is 11.1 Å². The highest BCUT2D eigenvalue weighted by molar-refractivity contribution is 7.93. The highest BCUT2D eigenvalue weighted by atomic mass is 32.2. The second-order valence-electron chi connectivity index (χ2n) is 4.61. The zero-order chi connectivity index (χ0) is 14.2. The maximum atomic E-state index is 12.4. The lowest BCUT2D eigenvalue weighted by atomic mass is 10.1. The minimum Gasteiger partial charge on any atom is -0.255 e. The average Bonchev–Trinajstić information content (AvgIpc) is 2.60. The van der Waals surface area contributed by atoms with Gasteiger partial charge >= 0.3 is 0 Å². The van der Waals surface area contributed by atoms with Crippen molar-refractivity contribution in [3.05, 3.63) is 39.9 Å². The van der Waals surface area contributed by atoms with Crippen LogP contribution in [0.5, 0.6) is 0 Å². The molecule has 0 saturated heterocycles. The van der Waals surface area contributed by atoms with Crippen molar-refractivity contribution in [3.8, 4) is 0 Å². The summed E-state index contributed by atoms with van der Waals surface area (Å²) in [6, 6.07) is 3.74. The van der Waals surface area contributed by atoms with Crippen LogP contribution in [0.3, 0.4) is 0 Å². The van der Waals surface area contributed by atoms with Gasteiger partial charge in [0.1, 0.15) is 0 Å². The van der Waals surface area contributed by atoms with E-state index in [1.54, 1.807) is 6.20 Å². The summed E-state index contributed by atoms with van der Waals surface area (Å²) in [4.78, 5) is 5.34. The molecule has 0 radical (unpaired) electrons. The summed E-state index contributed by atoms with van der Waals surface area (Å²) in [7, 11) is -3.58. The first-order valence-electron chi connectivity index (χ1n) is 5.83. The van der Waals surface area contributed by atoms with Crippen molar-refractivity contribution in [1.82, 2.24) is 4.98 Å². The molecule has 1 heterocycles. The van der Waals surface area contributed by atoms with Crippen LogP contribution < -0.4 is 4.72 Å². The van der Waals surface area contributed by atoms with E-state index in [4.69, 9.17) is 0 Å². The Labute approximate surface area is 117 Å². The van der Waals surface area contributed by atoms with Gasteiger partial charge in [-0.2, -0.15) is 0 Å². The van der Waals surface area contributed by atoms with E-state index >= 15 is 0 Å². The van der Waals surface area contributed by atoms with Gasteiger partial charge in [-0.3, -0.25) is 4.72 Å². The number of nitrogens with zero attached hydrogens (tertiary/aromatic N) is 1. The topological polar surface area (TPSA) is 59.1 Å². The number of thiazole rings is 1. The molecule has 1 N–H and O–H groups in total. The molecular weight excluding hydrogens is 280 g/mol. The standard InChI is InChI=1S/C13H16N2O2S2/c1-8-5-9(2)12(10(3)6-8)19(16,17)15-13-14-7-11(4)18-13/h5-7H,1-4H3,(H,14,15). The fraction of sp³-hybridized carbons (Fsp3) is 0.308. The molecule has 0 amide bonds. The van der Waals surface area contributed by atoms with E-state index in [2.05, 4.69) is 9.71 Å². The molecule has 0 spiro atoms. The van der Waals surface area contributed by atoms with Gasteiger partial charge in [0.05, 0.1) is 4.90 Å². The van der Waals surface area contributed by atoms with Gasteiger partial charge in [0.25, 0.3) is 10.0 Å². The third-order valence-corrected chi connectivity index (χ3v) is 5.32. The first-order chi connectivity index (χ1) is 8.79. The van der Waals surface area contributed by atoms with Gasteiger partial charge in [-0.25, -0.2) is 13.4 Å². The number of hydrogen-bond donors (Lipinski definition) is 1. The summed E-state index contributed by atoms with van der Waals surface area (Å²) in [6.07, 6.45) is 1.65. The smallest absolute Gasteiger partial charge is 0.255 e. The zero-order valence-corrected chi connectivity index (χ0v) is 12.9. The van der Waals surface area contributed by atoms with Crippen molar-refractivity contribution < 1.29 is 8.42 Å². The van der Waals surface area contributed by atoms with Gasteiger partial charge < -0.3 is 0 Å². The Morgan fingerprint density at radius 1 is 1.11 bits per heavy atom. The number of aromatic nitrogens is 1. The molecule has 0 aliphatic rings. The Morgan fingerprint density at radius 2 is 1.68 bits per heavy atom. The molecule has 0 atom stereocenters. The van der Waals surface area contributed by atoms with Crippen LogP contribution in [0.4, 0.5) is 5.13 Å². The lowest BCUT2D eigenvalue weighted by molar-refractivity contribution is 0.600. The molecule has 19 heavy (non-hydrogen) atoms. The van der Waals surface area contributed by atoms with Gasteiger partial charge in [-0.1, -0.05) is 17.7 Å². The minimum absolute atomic E-state index is 0.339. The summed E-state index contributed by atoms with van der Waals surface area (Å²) in [6.45, 7) is 7.45. The molecule has 1 aromatic heterocycles. The van der Waals surface area contributed by atoms with Gasteiger partial charge in [-0.15, -0.1) is 11.3 Å². The Kier molecular flexibility index (Phi) is 3.64. The molecule has 2 rings (SSSR count). The molecule has 102 valence electrons. The molecule has 0 unspecified atom stereocenters. The highest BCUT2D eigenvalue weighted by Crippen LogP contribution is 2.26. The molecule has 6 heteroatoms. The predicted molar refractivity (Wildman–Crippen MR) is 78.3 cm³/mol. The minimum atomic E-state index is -3.58. The van der Waals surface area contributed by atoms with E-state index in [1.165, 1.54) is 11.3 Å². The lowest BCUT2D eigenvalue weighted by Crippen LogP contribution is -2.15. The quantitative estimate of drug-likeness (QED) is 0.946. The van der Waals surface area contributed by atoms with Gasteiger partial charge in [0.2, 0.25) is 0 Å². The van der Waals surface area contributed by atoms with E-state index in [1.807, 2.05) is 39.8 Å². The van der Waals surface area contributed by atoms with Crippen LogP contribution in [0.15, 0.2) is 23.2 Å². The SMILES string of the molecule is Cc1cc(C)c(S(=O)(=O)Nc2ncc(C)s2)c(C)c1. The van der Waals surface area contributed by atoms with Crippen molar-refractivity contribution in [3.63, 3.8) is 0 Å². The van der Waals surface area contributed by atoms with E-state index in [-0.39, 0.29) is 0 Å². The normalized spacial score (nSPS) is 11.6. The van der Waals surface area contributed by atoms with Crippen LogP contribution >= 0.6 is 11.3 Å². The molecule has 0 aliphatic heterocycles. The van der Waals surface area contributed by atoms with Crippen molar-refractivity contribution >= 4 is 26.5 Å². The van der Waals surface area contributed by atoms with Gasteiger partial charge in [-0.05, 0) is 38.8 Å². The Hall–Kier alpha value is -1.40. The number of nitrogens with one attached hydrogen (secondary N) is 1. The fourth-order valence-corrected chi connectivity index (χ4v) is 4.52. The first-order valence-corrected chi connectivity index (χ1v) is 8.12. The largest absolute Gasteiger partial charge is 0.264 e. The summed E-state index contributed by atoms with van der Waals surface area (Å²) in [5, 5.41) is 0.400. The van der Waals surface area contributed by atoms with E-state index < -0.39 is 10.0 Å². The maximum absolute atomic E-state index is 12.4. The number of hydrogen-bond acceptors (Lipinski definition) is 4. The maximum Gasteiger partial charge on any atom is 0.264 e. The predicted octanol–water partition coefficient (Wildman–Crippen LogP) is 3.18. The summed E-state index contributed by atoms with van der Waals surface area (Å²) < 4.78 is 27.4. The van der Waals surface area contributed by atoms with Crippen LogP contribution in [0.1, 0.15) is 21.6 Å². The fourth-order valence-electron chi connectivity index (χ4n) is 2.16. The third-order valence-electron chi connectivity index (χ3n) is 2.72. The Bertz CT molecular complexity index is 695. The van der Waals surface area contributed by atoms with Crippen LogP contribution in [0.2, 0.25) is 0 Å². The van der Waals surface area contributed by atoms with Crippen molar-refractivity contribution in [2.24, 2.45) is 0 Å². The van der Waals surface area contributed by atoms with Crippen LogP contribution in [-0.2, 0) is 10.0 Å². The number of sulfonamides is 1. The summed E-state index contributed by atoms with van der Waals surface area (Å²) in [5.41, 5.74) is 2.55. The molecule has 0 fully saturated rings. The van der Waals surface area contributed by atoms with Crippen molar-refractivity contribution in [2.75, 3.05) is 4.72 Å². The molecule has 0 aliphatic carbocycles. The van der Waals surface area contributed by atoms with E-state index in [0.717, 1.165) is 21.6 Å². The second kappa shape index (κ2) is 4.94. The van der Waals surface area contributed by atoms with Crippen LogP contribution in [0.25, 0.3) is 0 Å². The number of benzene rings is 1.